The molecule has 1 aromatic rings. The molecule has 0 saturated carbocycles. The molecule has 1 rings (SSSR count). The molecule has 0 fully saturated rings. The molecule has 0 bridgehead atoms. The van der Waals surface area contributed by atoms with Gasteiger partial charge in [-0.05, 0) is 50.9 Å². The van der Waals surface area contributed by atoms with E-state index < -0.39 is 23.8 Å². The summed E-state index contributed by atoms with van der Waals surface area (Å²) < 4.78 is 9.67. The molecule has 0 unspecified atom stereocenters. The van der Waals surface area contributed by atoms with Crippen molar-refractivity contribution in [3.63, 3.8) is 0 Å². The maximum atomic E-state index is 12.0. The van der Waals surface area contributed by atoms with Crippen molar-refractivity contribution < 1.29 is 19.1 Å². The van der Waals surface area contributed by atoms with Gasteiger partial charge in [0.15, 0.2) is 0 Å². The molecular formula is C16H22N4O4. The van der Waals surface area contributed by atoms with Crippen molar-refractivity contribution >= 4 is 12.1 Å². The van der Waals surface area contributed by atoms with Gasteiger partial charge in [0.1, 0.15) is 11.6 Å². The van der Waals surface area contributed by atoms with Crippen LogP contribution in [0.2, 0.25) is 0 Å². The van der Waals surface area contributed by atoms with Crippen LogP contribution in [0.5, 0.6) is 0 Å². The van der Waals surface area contributed by atoms with Crippen molar-refractivity contribution in [2.24, 2.45) is 5.11 Å². The Morgan fingerprint density at radius 1 is 1.25 bits per heavy atom. The van der Waals surface area contributed by atoms with Gasteiger partial charge in [-0.1, -0.05) is 29.4 Å². The first kappa shape index (κ1) is 19.5. The molecule has 0 spiro atoms. The van der Waals surface area contributed by atoms with E-state index in [0.717, 1.165) is 11.1 Å². The average Bonchev–Trinajstić information content (AvgIpc) is 2.49. The Labute approximate surface area is 140 Å². The largest absolute Gasteiger partial charge is 0.516 e. The van der Waals surface area contributed by atoms with Gasteiger partial charge >= 0.3 is 12.1 Å². The van der Waals surface area contributed by atoms with Crippen molar-refractivity contribution in [3.8, 4) is 0 Å². The highest BCUT2D eigenvalue weighted by Gasteiger charge is 2.25. The summed E-state index contributed by atoms with van der Waals surface area (Å²) in [6, 6.07) is 6.60. The summed E-state index contributed by atoms with van der Waals surface area (Å²) in [7, 11) is 1.61. The first-order valence-electron chi connectivity index (χ1n) is 7.46. The van der Waals surface area contributed by atoms with E-state index in [9.17, 15) is 9.59 Å². The number of rotatable bonds is 6. The third-order valence-electron chi connectivity index (χ3n) is 2.99. The van der Waals surface area contributed by atoms with E-state index in [1.165, 1.54) is 0 Å². The predicted octanol–water partition coefficient (Wildman–Crippen LogP) is 3.11. The summed E-state index contributed by atoms with van der Waals surface area (Å²) in [4.78, 5) is 26.3. The minimum absolute atomic E-state index is 0.271. The lowest BCUT2D eigenvalue weighted by atomic mass is 10.0. The summed E-state index contributed by atoms with van der Waals surface area (Å²) in [6.07, 6.45) is -0.669. The number of benzene rings is 1. The summed E-state index contributed by atoms with van der Waals surface area (Å²) >= 11 is 0. The zero-order valence-electron chi connectivity index (χ0n) is 14.3. The first-order chi connectivity index (χ1) is 11.2. The van der Waals surface area contributed by atoms with E-state index in [4.69, 9.17) is 15.0 Å². The zero-order valence-corrected chi connectivity index (χ0v) is 14.3. The smallest absolute Gasteiger partial charge is 0.428 e. The van der Waals surface area contributed by atoms with Crippen LogP contribution >= 0.6 is 0 Å². The lowest BCUT2D eigenvalue weighted by Crippen LogP contribution is -2.39. The number of azide groups is 1. The molecule has 8 nitrogen and oxygen atoms in total. The number of hydrogen-bond acceptors (Lipinski definition) is 6. The fourth-order valence-corrected chi connectivity index (χ4v) is 1.86. The molecule has 1 atom stereocenters. The Balaban J connectivity index is 2.64. The second kappa shape index (κ2) is 8.90. The van der Waals surface area contributed by atoms with E-state index in [2.05, 4.69) is 15.3 Å². The fourth-order valence-electron chi connectivity index (χ4n) is 1.86. The van der Waals surface area contributed by atoms with E-state index in [1.807, 2.05) is 24.3 Å². The van der Waals surface area contributed by atoms with Gasteiger partial charge in [-0.25, -0.2) is 9.59 Å². The van der Waals surface area contributed by atoms with E-state index in [1.54, 1.807) is 27.8 Å². The van der Waals surface area contributed by atoms with Crippen molar-refractivity contribution in [1.29, 1.82) is 0 Å². The van der Waals surface area contributed by atoms with Gasteiger partial charge in [0, 0.05) is 4.91 Å². The molecule has 1 N–H and O–H groups in total. The number of likely N-dealkylation sites (N-methyl/N-ethyl adjacent to an activating group) is 1. The molecule has 0 aliphatic heterocycles. The Kier molecular flexibility index (Phi) is 7.23. The average molecular weight is 334 g/mol. The molecule has 8 heteroatoms. The number of ether oxygens (including phenoxy) is 2. The minimum Gasteiger partial charge on any atom is -0.428 e. The molecular weight excluding hydrogens is 312 g/mol. The number of carbonyl (C=O) groups is 2. The highest BCUT2D eigenvalue weighted by Crippen LogP contribution is 2.11. The lowest BCUT2D eigenvalue weighted by molar-refractivity contribution is -0.143. The topological polar surface area (TPSA) is 113 Å². The lowest BCUT2D eigenvalue weighted by Gasteiger charge is -2.20. The second-order valence-electron chi connectivity index (χ2n) is 6.14. The zero-order chi connectivity index (χ0) is 18.2. The Morgan fingerprint density at radius 2 is 1.83 bits per heavy atom. The minimum atomic E-state index is -1.02. The maximum Gasteiger partial charge on any atom is 0.516 e. The molecule has 24 heavy (non-hydrogen) atoms. The molecule has 0 radical (unpaired) electrons. The standard InChI is InChI=1S/C16H22N4O4/c1-16(2,3)24-15(22)23-14(21)13(18-4)9-11-5-7-12(8-6-11)10-19-20-17/h5-8,13,18H,9-10H2,1-4H3/t13-/m0/s1. The van der Waals surface area contributed by atoms with E-state index in [-0.39, 0.29) is 6.54 Å². The van der Waals surface area contributed by atoms with E-state index >= 15 is 0 Å². The summed E-state index contributed by atoms with van der Waals surface area (Å²) in [5.41, 5.74) is 9.31. The molecule has 0 aromatic heterocycles. The predicted molar refractivity (Wildman–Crippen MR) is 88.2 cm³/mol. The van der Waals surface area contributed by atoms with Crippen LogP contribution in [0.3, 0.4) is 0 Å². The van der Waals surface area contributed by atoms with Crippen LogP contribution in [0.25, 0.3) is 10.4 Å². The van der Waals surface area contributed by atoms with Crippen LogP contribution in [-0.4, -0.2) is 30.8 Å². The monoisotopic (exact) mass is 334 g/mol. The number of hydrogen-bond donors (Lipinski definition) is 1. The van der Waals surface area contributed by atoms with Crippen LogP contribution < -0.4 is 5.32 Å². The van der Waals surface area contributed by atoms with Gasteiger partial charge in [-0.15, -0.1) is 0 Å². The first-order valence-corrected chi connectivity index (χ1v) is 7.46. The molecule has 0 amide bonds. The molecule has 0 heterocycles. The molecule has 0 aliphatic carbocycles. The highest BCUT2D eigenvalue weighted by atomic mass is 16.7. The Morgan fingerprint density at radius 3 is 2.33 bits per heavy atom. The van der Waals surface area contributed by atoms with Crippen LogP contribution in [-0.2, 0) is 27.2 Å². The van der Waals surface area contributed by atoms with E-state index in [0.29, 0.717) is 6.42 Å². The van der Waals surface area contributed by atoms with Gasteiger partial charge in [0.2, 0.25) is 0 Å². The summed E-state index contributed by atoms with van der Waals surface area (Å²) in [5.74, 6) is -0.704. The van der Waals surface area contributed by atoms with Crippen LogP contribution in [0.1, 0.15) is 31.9 Å². The third-order valence-corrected chi connectivity index (χ3v) is 2.99. The second-order valence-corrected chi connectivity index (χ2v) is 6.14. The fraction of sp³-hybridized carbons (Fsp3) is 0.500. The van der Waals surface area contributed by atoms with Crippen LogP contribution in [0.15, 0.2) is 29.4 Å². The van der Waals surface area contributed by atoms with Gasteiger partial charge in [0.05, 0.1) is 6.54 Å². The number of nitrogens with one attached hydrogen (secondary N) is 1. The van der Waals surface area contributed by atoms with Crippen molar-refractivity contribution in [2.45, 2.75) is 45.4 Å². The van der Waals surface area contributed by atoms with Gasteiger partial charge in [0.25, 0.3) is 0 Å². The molecule has 1 aromatic carbocycles. The Hall–Kier alpha value is -2.57. The highest BCUT2D eigenvalue weighted by molar-refractivity contribution is 5.85. The van der Waals surface area contributed by atoms with Gasteiger partial charge < -0.3 is 14.8 Å². The number of esters is 1. The normalized spacial score (nSPS) is 12.0. The summed E-state index contributed by atoms with van der Waals surface area (Å²) in [5, 5.41) is 6.30. The molecule has 0 aliphatic rings. The van der Waals surface area contributed by atoms with Crippen LogP contribution in [0.4, 0.5) is 4.79 Å². The van der Waals surface area contributed by atoms with Crippen molar-refractivity contribution in [3.05, 3.63) is 45.8 Å². The molecule has 130 valence electrons. The van der Waals surface area contributed by atoms with Crippen molar-refractivity contribution in [2.75, 3.05) is 7.05 Å². The summed E-state index contributed by atoms with van der Waals surface area (Å²) in [6.45, 7) is 5.33. The van der Waals surface area contributed by atoms with Gasteiger partial charge in [-0.3, -0.25) is 0 Å². The molecule has 0 saturated heterocycles. The Bertz CT molecular complexity index is 616. The van der Waals surface area contributed by atoms with Gasteiger partial charge in [-0.2, -0.15) is 0 Å². The van der Waals surface area contributed by atoms with Crippen molar-refractivity contribution in [1.82, 2.24) is 5.32 Å². The SMILES string of the molecule is CN[C@@H](Cc1ccc(CN=[N+]=[N-])cc1)C(=O)OC(=O)OC(C)(C)C. The number of carbonyl (C=O) groups excluding carboxylic acids is 2. The quantitative estimate of drug-likeness (QED) is 0.282. The van der Waals surface area contributed by atoms with Crippen LogP contribution in [0, 0.1) is 0 Å². The maximum absolute atomic E-state index is 12.0. The number of nitrogens with zero attached hydrogens (tertiary/aromatic N) is 3. The third kappa shape index (κ3) is 7.13.